The summed E-state index contributed by atoms with van der Waals surface area (Å²) in [4.78, 5) is 0. The number of hydrogen-bond acceptors (Lipinski definition) is 1. The lowest BCUT2D eigenvalue weighted by atomic mass is 9.65. The lowest BCUT2D eigenvalue weighted by Crippen LogP contribution is -2.30. The van der Waals surface area contributed by atoms with Gasteiger partial charge in [0.2, 0.25) is 0 Å². The topological polar surface area (TPSA) is 23.8 Å². The van der Waals surface area contributed by atoms with Crippen LogP contribution >= 0.6 is 0 Å². The number of hydrogen-bond donors (Lipinski definition) is 0. The van der Waals surface area contributed by atoms with Crippen molar-refractivity contribution in [1.82, 2.24) is 0 Å². The highest BCUT2D eigenvalue weighted by molar-refractivity contribution is 5.37. The fraction of sp³-hybridized carbons (Fsp3) is 0.562. The van der Waals surface area contributed by atoms with Crippen molar-refractivity contribution in [2.75, 3.05) is 0 Å². The van der Waals surface area contributed by atoms with Crippen LogP contribution in [0.5, 0.6) is 0 Å². The highest BCUT2D eigenvalue weighted by Crippen LogP contribution is 2.43. The summed E-state index contributed by atoms with van der Waals surface area (Å²) in [7, 11) is 0. The third-order valence-corrected chi connectivity index (χ3v) is 4.51. The minimum Gasteiger partial charge on any atom is -0.192 e. The van der Waals surface area contributed by atoms with Crippen LogP contribution in [0.1, 0.15) is 57.1 Å². The molecule has 0 unspecified atom stereocenters. The van der Waals surface area contributed by atoms with E-state index in [9.17, 15) is 0 Å². The summed E-state index contributed by atoms with van der Waals surface area (Å²) in [5, 5.41) is 9.01. The van der Waals surface area contributed by atoms with Crippen LogP contribution in [0.15, 0.2) is 24.3 Å². The van der Waals surface area contributed by atoms with E-state index in [-0.39, 0.29) is 0 Å². The van der Waals surface area contributed by atoms with Crippen LogP contribution in [0.3, 0.4) is 0 Å². The van der Waals surface area contributed by atoms with Gasteiger partial charge in [-0.2, -0.15) is 5.26 Å². The van der Waals surface area contributed by atoms with Crippen molar-refractivity contribution in [2.45, 2.75) is 51.4 Å². The van der Waals surface area contributed by atoms with E-state index in [1.54, 1.807) is 0 Å². The number of nitriles is 1. The molecule has 1 fully saturated rings. The maximum absolute atomic E-state index is 9.01. The van der Waals surface area contributed by atoms with Gasteiger partial charge < -0.3 is 0 Å². The zero-order valence-corrected chi connectivity index (χ0v) is 10.9. The van der Waals surface area contributed by atoms with E-state index in [1.807, 2.05) is 12.1 Å². The van der Waals surface area contributed by atoms with Crippen molar-refractivity contribution in [2.24, 2.45) is 5.92 Å². The van der Waals surface area contributed by atoms with Crippen LogP contribution in [0, 0.1) is 17.2 Å². The average molecular weight is 227 g/mol. The normalized spacial score (nSPS) is 28.6. The lowest BCUT2D eigenvalue weighted by molar-refractivity contribution is 0.234. The predicted octanol–water partition coefficient (Wildman–Crippen LogP) is 4.42. The minimum atomic E-state index is 0.333. The zero-order valence-electron chi connectivity index (χ0n) is 10.9. The Morgan fingerprint density at radius 2 is 2.06 bits per heavy atom. The van der Waals surface area contributed by atoms with Crippen LogP contribution in [-0.4, -0.2) is 0 Å². The molecule has 17 heavy (non-hydrogen) atoms. The van der Waals surface area contributed by atoms with Crippen LogP contribution in [0.4, 0.5) is 0 Å². The molecular formula is C16H21N. The summed E-state index contributed by atoms with van der Waals surface area (Å²) >= 11 is 0. The first-order valence-corrected chi connectivity index (χ1v) is 6.71. The standard InChI is InChI=1S/C16H21N/c1-3-16(9-7-13(2)8-10-16)15-6-4-5-14(11-15)12-17/h4-6,11,13H,3,7-10H2,1-2H3. The Morgan fingerprint density at radius 3 is 2.65 bits per heavy atom. The van der Waals surface area contributed by atoms with Crippen molar-refractivity contribution in [3.05, 3.63) is 35.4 Å². The molecule has 1 heteroatoms. The van der Waals surface area contributed by atoms with Gasteiger partial charge in [0.05, 0.1) is 11.6 Å². The van der Waals surface area contributed by atoms with Crippen molar-refractivity contribution < 1.29 is 0 Å². The summed E-state index contributed by atoms with van der Waals surface area (Å²) in [5.74, 6) is 0.869. The van der Waals surface area contributed by atoms with Crippen molar-refractivity contribution in [1.29, 1.82) is 5.26 Å². The first-order valence-electron chi connectivity index (χ1n) is 6.71. The molecule has 0 aliphatic heterocycles. The summed E-state index contributed by atoms with van der Waals surface area (Å²) in [6.45, 7) is 4.64. The largest absolute Gasteiger partial charge is 0.192 e. The molecule has 0 aromatic heterocycles. The first-order chi connectivity index (χ1) is 8.20. The van der Waals surface area contributed by atoms with Crippen LogP contribution < -0.4 is 0 Å². The molecule has 1 saturated carbocycles. The second-order valence-corrected chi connectivity index (χ2v) is 5.51. The molecule has 0 saturated heterocycles. The van der Waals surface area contributed by atoms with Crippen LogP contribution in [0.2, 0.25) is 0 Å². The second-order valence-electron chi connectivity index (χ2n) is 5.51. The van der Waals surface area contributed by atoms with E-state index in [2.05, 4.69) is 32.0 Å². The van der Waals surface area contributed by atoms with Gasteiger partial charge in [0.25, 0.3) is 0 Å². The van der Waals surface area contributed by atoms with Gasteiger partial charge in [-0.15, -0.1) is 0 Å². The molecule has 0 heterocycles. The van der Waals surface area contributed by atoms with Gasteiger partial charge in [-0.25, -0.2) is 0 Å². The predicted molar refractivity (Wildman–Crippen MR) is 70.8 cm³/mol. The van der Waals surface area contributed by atoms with Crippen LogP contribution in [0.25, 0.3) is 0 Å². The van der Waals surface area contributed by atoms with E-state index in [4.69, 9.17) is 5.26 Å². The van der Waals surface area contributed by atoms with Gasteiger partial charge in [-0.3, -0.25) is 0 Å². The molecular weight excluding hydrogens is 206 g/mol. The Hall–Kier alpha value is -1.29. The smallest absolute Gasteiger partial charge is 0.0991 e. The number of benzene rings is 1. The molecule has 1 aliphatic carbocycles. The molecule has 1 nitrogen and oxygen atoms in total. The lowest BCUT2D eigenvalue weighted by Gasteiger charge is -2.39. The highest BCUT2D eigenvalue weighted by Gasteiger charge is 2.34. The van der Waals surface area contributed by atoms with E-state index >= 15 is 0 Å². The van der Waals surface area contributed by atoms with Gasteiger partial charge in [-0.05, 0) is 61.1 Å². The molecule has 0 N–H and O–H groups in total. The molecule has 1 aliphatic rings. The summed E-state index contributed by atoms with van der Waals surface area (Å²) in [6, 6.07) is 10.5. The van der Waals surface area contributed by atoms with Gasteiger partial charge in [0.15, 0.2) is 0 Å². The van der Waals surface area contributed by atoms with E-state index in [0.717, 1.165) is 11.5 Å². The van der Waals surface area contributed by atoms with E-state index in [0.29, 0.717) is 5.41 Å². The minimum absolute atomic E-state index is 0.333. The fourth-order valence-electron chi connectivity index (χ4n) is 3.08. The van der Waals surface area contributed by atoms with E-state index < -0.39 is 0 Å². The Morgan fingerprint density at radius 1 is 1.35 bits per heavy atom. The maximum atomic E-state index is 9.01. The zero-order chi connectivity index (χ0) is 12.3. The quantitative estimate of drug-likeness (QED) is 0.734. The summed E-state index contributed by atoms with van der Waals surface area (Å²) in [5.41, 5.74) is 2.51. The van der Waals surface area contributed by atoms with Crippen molar-refractivity contribution >= 4 is 0 Å². The number of rotatable bonds is 2. The summed E-state index contributed by atoms with van der Waals surface area (Å²) in [6.07, 6.45) is 6.39. The van der Waals surface area contributed by atoms with Crippen molar-refractivity contribution in [3.8, 4) is 6.07 Å². The van der Waals surface area contributed by atoms with Gasteiger partial charge in [0, 0.05) is 0 Å². The van der Waals surface area contributed by atoms with Gasteiger partial charge in [-0.1, -0.05) is 26.0 Å². The Kier molecular flexibility index (Phi) is 3.52. The average Bonchev–Trinajstić information content (AvgIpc) is 2.40. The van der Waals surface area contributed by atoms with Crippen LogP contribution in [-0.2, 0) is 5.41 Å². The van der Waals surface area contributed by atoms with Crippen molar-refractivity contribution in [3.63, 3.8) is 0 Å². The third kappa shape index (κ3) is 2.36. The molecule has 0 amide bonds. The number of nitrogens with zero attached hydrogens (tertiary/aromatic N) is 1. The monoisotopic (exact) mass is 227 g/mol. The molecule has 0 atom stereocenters. The molecule has 1 aromatic carbocycles. The Labute approximate surface area is 104 Å². The highest BCUT2D eigenvalue weighted by atomic mass is 14.4. The molecule has 90 valence electrons. The summed E-state index contributed by atoms with van der Waals surface area (Å²) < 4.78 is 0. The van der Waals surface area contributed by atoms with Gasteiger partial charge >= 0.3 is 0 Å². The Balaban J connectivity index is 2.31. The SMILES string of the molecule is CCC1(c2cccc(C#N)c2)CCC(C)CC1. The maximum Gasteiger partial charge on any atom is 0.0991 e. The van der Waals surface area contributed by atoms with E-state index in [1.165, 1.54) is 37.7 Å². The molecule has 0 bridgehead atoms. The van der Waals surface area contributed by atoms with Gasteiger partial charge in [0.1, 0.15) is 0 Å². The molecule has 0 spiro atoms. The Bertz CT molecular complexity index is 419. The second kappa shape index (κ2) is 4.92. The molecule has 2 rings (SSSR count). The molecule has 1 aromatic rings. The fourth-order valence-corrected chi connectivity index (χ4v) is 3.08. The molecule has 0 radical (unpaired) electrons. The first kappa shape index (κ1) is 12.2. The third-order valence-electron chi connectivity index (χ3n) is 4.51.